The Hall–Kier alpha value is -1.61. The van der Waals surface area contributed by atoms with Crippen molar-refractivity contribution < 1.29 is 15.0 Å². The third-order valence-electron chi connectivity index (χ3n) is 3.76. The molecule has 96 valence electrons. The first-order valence-corrected chi connectivity index (χ1v) is 6.30. The topological polar surface area (TPSA) is 57.5 Å². The van der Waals surface area contributed by atoms with E-state index in [1.807, 2.05) is 30.3 Å². The zero-order valence-electron chi connectivity index (χ0n) is 10.2. The molecular weight excluding hydrogens is 228 g/mol. The largest absolute Gasteiger partial charge is 0.481 e. The van der Waals surface area contributed by atoms with E-state index in [-0.39, 0.29) is 0 Å². The van der Waals surface area contributed by atoms with Crippen LogP contribution in [0.5, 0.6) is 0 Å². The Labute approximate surface area is 107 Å². The molecule has 18 heavy (non-hydrogen) atoms. The van der Waals surface area contributed by atoms with Gasteiger partial charge in [0.1, 0.15) is 0 Å². The van der Waals surface area contributed by atoms with Gasteiger partial charge in [0.15, 0.2) is 0 Å². The first-order chi connectivity index (χ1) is 8.65. The maximum atomic E-state index is 11.4. The first kappa shape index (κ1) is 12.8. The number of carboxylic acid groups (broad SMARTS) is 1. The van der Waals surface area contributed by atoms with Gasteiger partial charge in [-0.2, -0.15) is 0 Å². The van der Waals surface area contributed by atoms with Crippen molar-refractivity contribution >= 4 is 12.0 Å². The maximum absolute atomic E-state index is 11.4. The van der Waals surface area contributed by atoms with Crippen LogP contribution in [0.2, 0.25) is 0 Å². The number of hydrogen-bond acceptors (Lipinski definition) is 2. The number of aliphatic hydroxyl groups excluding tert-OH is 1. The molecule has 1 aromatic carbocycles. The lowest BCUT2D eigenvalue weighted by atomic mass is 9.80. The predicted octanol–water partition coefficient (Wildman–Crippen LogP) is 2.71. The zero-order valence-corrected chi connectivity index (χ0v) is 10.2. The Morgan fingerprint density at radius 2 is 1.83 bits per heavy atom. The second kappa shape index (κ2) is 5.36. The number of hydrogen-bond donors (Lipinski definition) is 2. The van der Waals surface area contributed by atoms with Gasteiger partial charge in [-0.3, -0.25) is 4.79 Å². The molecule has 1 fully saturated rings. The number of carbonyl (C=O) groups is 1. The Morgan fingerprint density at radius 3 is 2.39 bits per heavy atom. The van der Waals surface area contributed by atoms with Crippen LogP contribution in [-0.4, -0.2) is 22.3 Å². The van der Waals surface area contributed by atoms with E-state index in [1.165, 1.54) is 0 Å². The minimum Gasteiger partial charge on any atom is -0.481 e. The van der Waals surface area contributed by atoms with Crippen LogP contribution in [0, 0.1) is 5.41 Å². The van der Waals surface area contributed by atoms with Crippen molar-refractivity contribution in [2.24, 2.45) is 5.41 Å². The lowest BCUT2D eigenvalue weighted by molar-refractivity contribution is -0.154. The van der Waals surface area contributed by atoms with Crippen molar-refractivity contribution in [1.29, 1.82) is 0 Å². The van der Waals surface area contributed by atoms with Crippen molar-refractivity contribution in [1.82, 2.24) is 0 Å². The third kappa shape index (κ3) is 2.46. The van der Waals surface area contributed by atoms with E-state index in [1.54, 1.807) is 12.2 Å². The second-order valence-corrected chi connectivity index (χ2v) is 4.88. The molecule has 0 radical (unpaired) electrons. The molecule has 0 bridgehead atoms. The maximum Gasteiger partial charge on any atom is 0.312 e. The van der Waals surface area contributed by atoms with E-state index in [0.717, 1.165) is 18.4 Å². The molecule has 0 aliphatic heterocycles. The molecule has 0 heterocycles. The fourth-order valence-electron chi connectivity index (χ4n) is 2.59. The van der Waals surface area contributed by atoms with Crippen molar-refractivity contribution in [3.05, 3.63) is 42.0 Å². The van der Waals surface area contributed by atoms with Gasteiger partial charge in [0, 0.05) is 0 Å². The number of carboxylic acids is 1. The fourth-order valence-corrected chi connectivity index (χ4v) is 2.59. The van der Waals surface area contributed by atoms with Gasteiger partial charge < -0.3 is 10.2 Å². The molecule has 0 aromatic heterocycles. The number of aliphatic hydroxyl groups is 1. The molecule has 1 unspecified atom stereocenters. The molecule has 1 aromatic rings. The first-order valence-electron chi connectivity index (χ1n) is 6.30. The van der Waals surface area contributed by atoms with E-state index in [9.17, 15) is 15.0 Å². The standard InChI is InChI=1S/C15H18O3/c16-13(9-8-12-6-2-1-3-7-12)15(14(17)18)10-4-5-11-15/h1-3,6-9,13,16H,4-5,10-11H2,(H,17,18)/b9-8+. The summed E-state index contributed by atoms with van der Waals surface area (Å²) in [5, 5.41) is 19.5. The SMILES string of the molecule is O=C(O)C1(C(O)/C=C/c2ccccc2)CCCC1. The average Bonchev–Trinajstić information content (AvgIpc) is 2.88. The van der Waals surface area contributed by atoms with E-state index < -0.39 is 17.5 Å². The predicted molar refractivity (Wildman–Crippen MR) is 70.0 cm³/mol. The summed E-state index contributed by atoms with van der Waals surface area (Å²) in [5.74, 6) is -0.884. The van der Waals surface area contributed by atoms with Gasteiger partial charge in [-0.15, -0.1) is 0 Å². The highest BCUT2D eigenvalue weighted by Gasteiger charge is 2.46. The highest BCUT2D eigenvalue weighted by molar-refractivity contribution is 5.76. The van der Waals surface area contributed by atoms with Crippen LogP contribution in [0.3, 0.4) is 0 Å². The number of aliphatic carboxylic acids is 1. The summed E-state index contributed by atoms with van der Waals surface area (Å²) >= 11 is 0. The van der Waals surface area contributed by atoms with Gasteiger partial charge in [0.2, 0.25) is 0 Å². The lowest BCUT2D eigenvalue weighted by Gasteiger charge is -2.27. The Bertz CT molecular complexity index is 430. The molecule has 0 saturated heterocycles. The molecule has 2 N–H and O–H groups in total. The quantitative estimate of drug-likeness (QED) is 0.858. The van der Waals surface area contributed by atoms with Crippen molar-refractivity contribution in [3.8, 4) is 0 Å². The van der Waals surface area contributed by atoms with Crippen LogP contribution in [0.4, 0.5) is 0 Å². The van der Waals surface area contributed by atoms with Gasteiger partial charge in [0.25, 0.3) is 0 Å². The Morgan fingerprint density at radius 1 is 1.22 bits per heavy atom. The molecule has 0 spiro atoms. The van der Waals surface area contributed by atoms with Gasteiger partial charge >= 0.3 is 5.97 Å². The summed E-state index contributed by atoms with van der Waals surface area (Å²) in [5.41, 5.74) is -0.0132. The summed E-state index contributed by atoms with van der Waals surface area (Å²) in [6, 6.07) is 9.59. The van der Waals surface area contributed by atoms with Crippen molar-refractivity contribution in [2.45, 2.75) is 31.8 Å². The zero-order chi connectivity index (χ0) is 13.0. The molecule has 1 aliphatic carbocycles. The highest BCUT2D eigenvalue weighted by Crippen LogP contribution is 2.42. The minimum absolute atomic E-state index is 0.558. The number of benzene rings is 1. The third-order valence-corrected chi connectivity index (χ3v) is 3.76. The molecular formula is C15H18O3. The van der Waals surface area contributed by atoms with Crippen molar-refractivity contribution in [2.75, 3.05) is 0 Å². The van der Waals surface area contributed by atoms with Gasteiger partial charge in [-0.1, -0.05) is 55.3 Å². The molecule has 1 atom stereocenters. The molecule has 1 saturated carbocycles. The van der Waals surface area contributed by atoms with Crippen LogP contribution in [0.15, 0.2) is 36.4 Å². The van der Waals surface area contributed by atoms with Crippen LogP contribution in [-0.2, 0) is 4.79 Å². The monoisotopic (exact) mass is 246 g/mol. The van der Waals surface area contributed by atoms with E-state index >= 15 is 0 Å². The molecule has 2 rings (SSSR count). The summed E-state index contributed by atoms with van der Waals surface area (Å²) in [4.78, 5) is 11.4. The van der Waals surface area contributed by atoms with Gasteiger partial charge in [-0.05, 0) is 18.4 Å². The molecule has 0 amide bonds. The molecule has 3 heteroatoms. The normalized spacial score (nSPS) is 20.1. The van der Waals surface area contributed by atoms with E-state index in [2.05, 4.69) is 0 Å². The fraction of sp³-hybridized carbons (Fsp3) is 0.400. The van der Waals surface area contributed by atoms with E-state index in [0.29, 0.717) is 12.8 Å². The smallest absolute Gasteiger partial charge is 0.312 e. The highest BCUT2D eigenvalue weighted by atomic mass is 16.4. The lowest BCUT2D eigenvalue weighted by Crippen LogP contribution is -2.39. The Kier molecular flexibility index (Phi) is 3.82. The van der Waals surface area contributed by atoms with Crippen LogP contribution in [0.25, 0.3) is 6.08 Å². The minimum atomic E-state index is -0.981. The summed E-state index contributed by atoms with van der Waals surface area (Å²) < 4.78 is 0. The van der Waals surface area contributed by atoms with Gasteiger partial charge in [-0.25, -0.2) is 0 Å². The van der Waals surface area contributed by atoms with Crippen LogP contribution >= 0.6 is 0 Å². The summed E-state index contributed by atoms with van der Waals surface area (Å²) in [6.07, 6.45) is 5.34. The van der Waals surface area contributed by atoms with Gasteiger partial charge in [0.05, 0.1) is 11.5 Å². The molecule has 3 nitrogen and oxygen atoms in total. The Balaban J connectivity index is 2.13. The second-order valence-electron chi connectivity index (χ2n) is 4.88. The van der Waals surface area contributed by atoms with Crippen molar-refractivity contribution in [3.63, 3.8) is 0 Å². The summed E-state index contributed by atoms with van der Waals surface area (Å²) in [6.45, 7) is 0. The van der Waals surface area contributed by atoms with Crippen LogP contribution in [0.1, 0.15) is 31.2 Å². The van der Waals surface area contributed by atoms with Crippen LogP contribution < -0.4 is 0 Å². The average molecular weight is 246 g/mol. The van der Waals surface area contributed by atoms with E-state index in [4.69, 9.17) is 0 Å². The summed E-state index contributed by atoms with van der Waals surface area (Å²) in [7, 11) is 0. The number of rotatable bonds is 4. The molecule has 1 aliphatic rings.